The van der Waals surface area contributed by atoms with E-state index in [2.05, 4.69) is 4.74 Å². The number of ether oxygens (including phenoxy) is 1. The van der Waals surface area contributed by atoms with E-state index in [1.165, 1.54) is 0 Å². The van der Waals surface area contributed by atoms with Crippen LogP contribution in [0.3, 0.4) is 0 Å². The molecule has 0 spiro atoms. The fraction of sp³-hybridized carbons (Fsp3) is 0.600. The molecule has 0 aromatic heterocycles. The molecule has 0 aliphatic carbocycles. The second-order valence-electron chi connectivity index (χ2n) is 1.66. The van der Waals surface area contributed by atoms with Crippen LogP contribution in [0.2, 0.25) is 0 Å². The fourth-order valence-electron chi connectivity index (χ4n) is 0.357. The van der Waals surface area contributed by atoms with Gasteiger partial charge in [-0.3, -0.25) is 9.59 Å². The summed E-state index contributed by atoms with van der Waals surface area (Å²) in [5.41, 5.74) is 0. The molecule has 0 saturated carbocycles. The minimum atomic E-state index is -1.45. The molecule has 0 fully saturated rings. The molecular formula is C5H6Cl2O4. The molecule has 0 amide bonds. The van der Waals surface area contributed by atoms with Crippen LogP contribution in [0, 0.1) is 0 Å². The lowest BCUT2D eigenvalue weighted by atomic mass is 10.3. The number of aliphatic carboxylic acids is 1. The van der Waals surface area contributed by atoms with Gasteiger partial charge < -0.3 is 9.84 Å². The van der Waals surface area contributed by atoms with Crippen LogP contribution in [0.15, 0.2) is 0 Å². The lowest BCUT2D eigenvalue weighted by Gasteiger charge is -2.08. The Bertz CT molecular complexity index is 170. The number of carboxylic acid groups (broad SMARTS) is 1. The number of rotatable bonds is 3. The van der Waals surface area contributed by atoms with Crippen molar-refractivity contribution < 1.29 is 19.4 Å². The molecule has 6 heteroatoms. The first-order valence-corrected chi connectivity index (χ1v) is 3.46. The number of hydrogen-bond acceptors (Lipinski definition) is 3. The highest BCUT2D eigenvalue weighted by atomic mass is 35.5. The molecule has 64 valence electrons. The first-order chi connectivity index (χ1) is 5.00. The molecule has 0 aliphatic rings. The largest absolute Gasteiger partial charge is 0.480 e. The maximum Gasteiger partial charge on any atom is 0.325 e. The average molecular weight is 201 g/mol. The highest BCUT2D eigenvalue weighted by Crippen LogP contribution is 2.11. The van der Waals surface area contributed by atoms with E-state index in [1.54, 1.807) is 0 Å². The van der Waals surface area contributed by atoms with E-state index >= 15 is 0 Å². The Morgan fingerprint density at radius 3 is 2.09 bits per heavy atom. The summed E-state index contributed by atoms with van der Waals surface area (Å²) in [6, 6.07) is 0. The van der Waals surface area contributed by atoms with E-state index in [0.29, 0.717) is 0 Å². The molecule has 4 nitrogen and oxygen atoms in total. The van der Waals surface area contributed by atoms with Gasteiger partial charge in [0.2, 0.25) is 0 Å². The summed E-state index contributed by atoms with van der Waals surface area (Å²) in [6.45, 7) is 0. The van der Waals surface area contributed by atoms with E-state index in [0.717, 1.165) is 7.11 Å². The van der Waals surface area contributed by atoms with Crippen LogP contribution in [0.4, 0.5) is 0 Å². The van der Waals surface area contributed by atoms with Crippen LogP contribution < -0.4 is 0 Å². The van der Waals surface area contributed by atoms with E-state index < -0.39 is 22.7 Å². The third-order valence-electron chi connectivity index (χ3n) is 0.919. The maximum atomic E-state index is 10.6. The predicted octanol–water partition coefficient (Wildman–Crippen LogP) is 0.459. The molecular weight excluding hydrogens is 195 g/mol. The Balaban J connectivity index is 4.12. The van der Waals surface area contributed by atoms with Crippen molar-refractivity contribution in [2.75, 3.05) is 7.11 Å². The van der Waals surface area contributed by atoms with Crippen LogP contribution in [-0.2, 0) is 14.3 Å². The number of methoxy groups -OCH3 is 1. The van der Waals surface area contributed by atoms with E-state index in [4.69, 9.17) is 28.3 Å². The zero-order valence-electron chi connectivity index (χ0n) is 5.58. The highest BCUT2D eigenvalue weighted by Gasteiger charge is 2.30. The van der Waals surface area contributed by atoms with Crippen LogP contribution in [0.1, 0.15) is 0 Å². The number of alkyl halides is 2. The number of carbonyl (C=O) groups is 2. The smallest absolute Gasteiger partial charge is 0.325 e. The molecule has 0 radical (unpaired) electrons. The average Bonchev–Trinajstić information content (AvgIpc) is 2.00. The van der Waals surface area contributed by atoms with Crippen LogP contribution >= 0.6 is 23.2 Å². The van der Waals surface area contributed by atoms with Crippen LogP contribution in [0.25, 0.3) is 0 Å². The standard InChI is InChI=1S/C5H6Cl2O4/c1-11-5(10)3(7)2(6)4(8)9/h2-3H,1H3,(H,8,9). The van der Waals surface area contributed by atoms with Crippen molar-refractivity contribution in [3.05, 3.63) is 0 Å². The summed E-state index contributed by atoms with van der Waals surface area (Å²) in [5, 5.41) is 5.47. The van der Waals surface area contributed by atoms with Gasteiger partial charge in [0.1, 0.15) is 0 Å². The first kappa shape index (κ1) is 10.5. The summed E-state index contributed by atoms with van der Waals surface area (Å²) >= 11 is 10.5. The van der Waals surface area contributed by atoms with Gasteiger partial charge in [0, 0.05) is 0 Å². The van der Waals surface area contributed by atoms with Crippen molar-refractivity contribution in [1.29, 1.82) is 0 Å². The number of carboxylic acids is 1. The first-order valence-electron chi connectivity index (χ1n) is 2.59. The van der Waals surface area contributed by atoms with Crippen molar-refractivity contribution >= 4 is 35.1 Å². The molecule has 2 atom stereocenters. The molecule has 0 bridgehead atoms. The quantitative estimate of drug-likeness (QED) is 0.532. The molecule has 2 unspecified atom stereocenters. The topological polar surface area (TPSA) is 63.6 Å². The van der Waals surface area contributed by atoms with Gasteiger partial charge in [-0.05, 0) is 0 Å². The zero-order chi connectivity index (χ0) is 9.02. The Kier molecular flexibility index (Phi) is 4.22. The zero-order valence-corrected chi connectivity index (χ0v) is 7.09. The number of halogens is 2. The summed E-state index contributed by atoms with van der Waals surface area (Å²) in [7, 11) is 1.10. The van der Waals surface area contributed by atoms with Gasteiger partial charge in [-0.25, -0.2) is 0 Å². The molecule has 0 aromatic rings. The van der Waals surface area contributed by atoms with Gasteiger partial charge in [0.25, 0.3) is 0 Å². The molecule has 0 heterocycles. The number of hydrogen-bond donors (Lipinski definition) is 1. The SMILES string of the molecule is COC(=O)C(Cl)C(Cl)C(=O)O. The van der Waals surface area contributed by atoms with E-state index in [-0.39, 0.29) is 0 Å². The Morgan fingerprint density at radius 1 is 1.36 bits per heavy atom. The van der Waals surface area contributed by atoms with Crippen LogP contribution in [-0.4, -0.2) is 34.9 Å². The minimum Gasteiger partial charge on any atom is -0.480 e. The normalized spacial score (nSPS) is 15.2. The van der Waals surface area contributed by atoms with Gasteiger partial charge in [-0.2, -0.15) is 0 Å². The summed E-state index contributed by atoms with van der Waals surface area (Å²) < 4.78 is 4.16. The predicted molar refractivity (Wildman–Crippen MR) is 38.9 cm³/mol. The van der Waals surface area contributed by atoms with Gasteiger partial charge >= 0.3 is 11.9 Å². The minimum absolute atomic E-state index is 0.853. The maximum absolute atomic E-state index is 10.6. The van der Waals surface area contributed by atoms with Gasteiger partial charge in [0.15, 0.2) is 10.8 Å². The van der Waals surface area contributed by atoms with Crippen molar-refractivity contribution in [1.82, 2.24) is 0 Å². The van der Waals surface area contributed by atoms with Crippen molar-refractivity contribution in [2.45, 2.75) is 10.8 Å². The second-order valence-corrected chi connectivity index (χ2v) is 2.61. The molecule has 0 aromatic carbocycles. The highest BCUT2D eigenvalue weighted by molar-refractivity contribution is 6.41. The van der Waals surface area contributed by atoms with Crippen molar-refractivity contribution in [3.63, 3.8) is 0 Å². The lowest BCUT2D eigenvalue weighted by Crippen LogP contribution is -2.32. The number of carbonyl (C=O) groups excluding carboxylic acids is 1. The molecule has 0 rings (SSSR count). The van der Waals surface area contributed by atoms with Gasteiger partial charge in [-0.1, -0.05) is 0 Å². The Hall–Kier alpha value is -0.480. The van der Waals surface area contributed by atoms with E-state index in [1.807, 2.05) is 0 Å². The molecule has 1 N–H and O–H groups in total. The van der Waals surface area contributed by atoms with Gasteiger partial charge in [0.05, 0.1) is 7.11 Å². The molecule has 0 aliphatic heterocycles. The van der Waals surface area contributed by atoms with E-state index in [9.17, 15) is 9.59 Å². The summed E-state index contributed by atoms with van der Waals surface area (Å²) in [6.07, 6.45) is 0. The molecule has 11 heavy (non-hydrogen) atoms. The van der Waals surface area contributed by atoms with Crippen molar-refractivity contribution in [3.8, 4) is 0 Å². The summed E-state index contributed by atoms with van der Waals surface area (Å²) in [5.74, 6) is -2.20. The van der Waals surface area contributed by atoms with Crippen LogP contribution in [0.5, 0.6) is 0 Å². The fourth-order valence-corrected chi connectivity index (χ4v) is 0.657. The number of esters is 1. The molecule has 0 saturated heterocycles. The van der Waals surface area contributed by atoms with Crippen molar-refractivity contribution in [2.24, 2.45) is 0 Å². The second kappa shape index (κ2) is 4.41. The Morgan fingerprint density at radius 2 is 1.82 bits per heavy atom. The third kappa shape index (κ3) is 2.95. The monoisotopic (exact) mass is 200 g/mol. The third-order valence-corrected chi connectivity index (χ3v) is 1.92. The summed E-state index contributed by atoms with van der Waals surface area (Å²) in [4.78, 5) is 20.7. The van der Waals surface area contributed by atoms with Gasteiger partial charge in [-0.15, -0.1) is 23.2 Å². The lowest BCUT2D eigenvalue weighted by molar-refractivity contribution is -0.144. The Labute approximate surface area is 73.0 Å².